The first-order valence-electron chi connectivity index (χ1n) is 8.90. The predicted octanol–water partition coefficient (Wildman–Crippen LogP) is 2.68. The highest BCUT2D eigenvalue weighted by atomic mass is 16.6. The van der Waals surface area contributed by atoms with Gasteiger partial charge in [0.25, 0.3) is 0 Å². The molecule has 2 N–H and O–H groups in total. The number of hydrogen-bond donors (Lipinski definition) is 2. The topological polar surface area (TPSA) is 101 Å². The summed E-state index contributed by atoms with van der Waals surface area (Å²) < 4.78 is 6.61. The van der Waals surface area contributed by atoms with E-state index in [4.69, 9.17) is 4.74 Å². The fourth-order valence-electron chi connectivity index (χ4n) is 3.03. The van der Waals surface area contributed by atoms with Crippen LogP contribution in [-0.4, -0.2) is 40.0 Å². The van der Waals surface area contributed by atoms with E-state index >= 15 is 0 Å². The fourth-order valence-corrected chi connectivity index (χ4v) is 3.03. The minimum Gasteiger partial charge on any atom is -0.447 e. The first-order valence-corrected chi connectivity index (χ1v) is 8.90. The third kappa shape index (κ3) is 4.55. The van der Waals surface area contributed by atoms with Crippen molar-refractivity contribution in [3.05, 3.63) is 36.4 Å². The summed E-state index contributed by atoms with van der Waals surface area (Å²) in [6, 6.07) is 6.50. The Hall–Kier alpha value is -3.10. The third-order valence-corrected chi connectivity index (χ3v) is 4.25. The molecule has 2 aromatic rings. The number of ether oxygens (including phenoxy) is 1. The zero-order valence-electron chi connectivity index (χ0n) is 15.7. The Morgan fingerprint density at radius 3 is 2.81 bits per heavy atom. The van der Waals surface area contributed by atoms with Crippen molar-refractivity contribution in [2.75, 3.05) is 23.4 Å². The number of aromatic nitrogens is 3. The van der Waals surface area contributed by atoms with E-state index in [0.29, 0.717) is 36.3 Å². The van der Waals surface area contributed by atoms with Crippen LogP contribution in [0.3, 0.4) is 0 Å². The van der Waals surface area contributed by atoms with E-state index in [2.05, 4.69) is 34.6 Å². The molecule has 1 atom stereocenters. The number of rotatable bonds is 6. The van der Waals surface area contributed by atoms with Crippen LogP contribution in [0.1, 0.15) is 32.1 Å². The molecule has 0 bridgehead atoms. The number of nitrogens with one attached hydrogen (secondary N) is 2. The lowest BCUT2D eigenvalue weighted by Crippen LogP contribution is -2.34. The molecule has 27 heavy (non-hydrogen) atoms. The van der Waals surface area contributed by atoms with Gasteiger partial charge in [0, 0.05) is 18.4 Å². The monoisotopic (exact) mass is 372 g/mol. The molecule has 2 heterocycles. The average Bonchev–Trinajstić information content (AvgIpc) is 3.22. The number of carbonyl (C=O) groups excluding carboxylic acids is 2. The maximum Gasteiger partial charge on any atom is 0.414 e. The van der Waals surface area contributed by atoms with Crippen molar-refractivity contribution in [3.8, 4) is 0 Å². The molecule has 0 radical (unpaired) electrons. The summed E-state index contributed by atoms with van der Waals surface area (Å²) in [6.45, 7) is 5.03. The number of amides is 3. The molecule has 9 nitrogen and oxygen atoms in total. The van der Waals surface area contributed by atoms with Crippen molar-refractivity contribution < 1.29 is 14.3 Å². The molecule has 1 unspecified atom stereocenters. The molecule has 0 aliphatic carbocycles. The van der Waals surface area contributed by atoms with Gasteiger partial charge >= 0.3 is 12.1 Å². The van der Waals surface area contributed by atoms with Crippen LogP contribution >= 0.6 is 0 Å². The molecule has 1 aliphatic heterocycles. The predicted molar refractivity (Wildman–Crippen MR) is 100 cm³/mol. The third-order valence-electron chi connectivity index (χ3n) is 4.25. The minimum atomic E-state index is -0.379. The van der Waals surface area contributed by atoms with E-state index in [9.17, 15) is 9.59 Å². The second kappa shape index (κ2) is 8.07. The van der Waals surface area contributed by atoms with Crippen molar-refractivity contribution in [1.29, 1.82) is 0 Å². The highest BCUT2D eigenvalue weighted by Crippen LogP contribution is 2.23. The summed E-state index contributed by atoms with van der Waals surface area (Å²) in [6.07, 6.45) is 1.83. The van der Waals surface area contributed by atoms with E-state index in [-0.39, 0.29) is 18.2 Å². The van der Waals surface area contributed by atoms with Crippen molar-refractivity contribution in [1.82, 2.24) is 20.1 Å². The van der Waals surface area contributed by atoms with Crippen LogP contribution in [0.5, 0.6) is 0 Å². The Kier molecular flexibility index (Phi) is 5.58. The number of hydrogen-bond acceptors (Lipinski definition) is 5. The van der Waals surface area contributed by atoms with Crippen LogP contribution in [0.15, 0.2) is 30.6 Å². The quantitative estimate of drug-likeness (QED) is 0.812. The number of aryl methyl sites for hydroxylation is 1. The number of benzene rings is 1. The molecule has 1 aromatic heterocycles. The van der Waals surface area contributed by atoms with Gasteiger partial charge in [-0.3, -0.25) is 9.58 Å². The van der Waals surface area contributed by atoms with Gasteiger partial charge < -0.3 is 15.4 Å². The first kappa shape index (κ1) is 18.7. The van der Waals surface area contributed by atoms with Gasteiger partial charge in [0.2, 0.25) is 0 Å². The zero-order chi connectivity index (χ0) is 19.4. The maximum atomic E-state index is 12.5. The van der Waals surface area contributed by atoms with Crippen molar-refractivity contribution in [2.45, 2.75) is 26.3 Å². The molecule has 9 heteroatoms. The number of urea groups is 1. The number of anilines is 2. The SMILES string of the molecule is CC(C)CC(NC(=O)Nc1cccc(N2CCOC2=O)c1)c1ncnn1C. The van der Waals surface area contributed by atoms with Crippen molar-refractivity contribution >= 4 is 23.5 Å². The fraction of sp³-hybridized carbons (Fsp3) is 0.444. The van der Waals surface area contributed by atoms with E-state index in [1.807, 2.05) is 0 Å². The highest BCUT2D eigenvalue weighted by molar-refractivity contribution is 5.93. The van der Waals surface area contributed by atoms with Crippen LogP contribution in [0.2, 0.25) is 0 Å². The second-order valence-corrected chi connectivity index (χ2v) is 6.84. The van der Waals surface area contributed by atoms with Gasteiger partial charge in [-0.1, -0.05) is 19.9 Å². The molecule has 1 aliphatic rings. The minimum absolute atomic E-state index is 0.255. The summed E-state index contributed by atoms with van der Waals surface area (Å²) in [5.74, 6) is 1.07. The molecule has 3 rings (SSSR count). The molecule has 1 fully saturated rings. The van der Waals surface area contributed by atoms with E-state index < -0.39 is 0 Å². The van der Waals surface area contributed by atoms with Gasteiger partial charge in [-0.25, -0.2) is 14.6 Å². The Morgan fingerprint density at radius 1 is 1.37 bits per heavy atom. The first-order chi connectivity index (χ1) is 12.9. The van der Waals surface area contributed by atoms with Gasteiger partial charge in [-0.15, -0.1) is 0 Å². The van der Waals surface area contributed by atoms with Crippen molar-refractivity contribution in [3.63, 3.8) is 0 Å². The lowest BCUT2D eigenvalue weighted by Gasteiger charge is -2.20. The smallest absolute Gasteiger partial charge is 0.414 e. The molecule has 1 saturated heterocycles. The molecule has 144 valence electrons. The van der Waals surface area contributed by atoms with Crippen molar-refractivity contribution in [2.24, 2.45) is 13.0 Å². The summed E-state index contributed by atoms with van der Waals surface area (Å²) in [4.78, 5) is 30.0. The normalized spacial score (nSPS) is 15.0. The molecule has 0 saturated carbocycles. The van der Waals surface area contributed by atoms with Crippen LogP contribution < -0.4 is 15.5 Å². The summed E-state index contributed by atoms with van der Waals surface area (Å²) in [5, 5.41) is 9.86. The second-order valence-electron chi connectivity index (χ2n) is 6.84. The number of nitrogens with zero attached hydrogens (tertiary/aromatic N) is 4. The largest absolute Gasteiger partial charge is 0.447 e. The Morgan fingerprint density at radius 2 is 2.19 bits per heavy atom. The van der Waals surface area contributed by atoms with Gasteiger partial charge in [-0.2, -0.15) is 5.10 Å². The maximum absolute atomic E-state index is 12.5. The van der Waals surface area contributed by atoms with Crippen LogP contribution in [0.4, 0.5) is 21.0 Å². The Labute approximate surface area is 157 Å². The lowest BCUT2D eigenvalue weighted by atomic mass is 10.0. The van der Waals surface area contributed by atoms with E-state index in [1.54, 1.807) is 36.0 Å². The summed E-state index contributed by atoms with van der Waals surface area (Å²) in [5.41, 5.74) is 1.27. The Bertz CT molecular complexity index is 819. The van der Waals surface area contributed by atoms with Gasteiger partial charge in [0.05, 0.1) is 12.6 Å². The number of cyclic esters (lactones) is 1. The zero-order valence-corrected chi connectivity index (χ0v) is 15.7. The standard InChI is InChI=1S/C18H24N6O3/c1-12(2)9-15(16-19-11-20-23(16)3)22-17(25)21-13-5-4-6-14(10-13)24-7-8-27-18(24)26/h4-6,10-12,15H,7-9H2,1-3H3,(H2,21,22,25). The molecular formula is C18H24N6O3. The summed E-state index contributed by atoms with van der Waals surface area (Å²) >= 11 is 0. The van der Waals surface area contributed by atoms with Crippen LogP contribution in [0, 0.1) is 5.92 Å². The van der Waals surface area contributed by atoms with E-state index in [1.165, 1.54) is 11.2 Å². The lowest BCUT2D eigenvalue weighted by molar-refractivity contribution is 0.181. The molecular weight excluding hydrogens is 348 g/mol. The van der Waals surface area contributed by atoms with E-state index in [0.717, 1.165) is 6.42 Å². The van der Waals surface area contributed by atoms with Crippen LogP contribution in [-0.2, 0) is 11.8 Å². The molecule has 0 spiro atoms. The average molecular weight is 372 g/mol. The van der Waals surface area contributed by atoms with Gasteiger partial charge in [-0.05, 0) is 30.5 Å². The highest BCUT2D eigenvalue weighted by Gasteiger charge is 2.24. The van der Waals surface area contributed by atoms with Crippen LogP contribution in [0.25, 0.3) is 0 Å². The molecule has 1 aromatic carbocycles. The number of carbonyl (C=O) groups is 2. The Balaban J connectivity index is 1.69. The van der Waals surface area contributed by atoms with Gasteiger partial charge in [0.15, 0.2) is 0 Å². The van der Waals surface area contributed by atoms with Gasteiger partial charge in [0.1, 0.15) is 18.8 Å². The molecule has 3 amide bonds. The summed E-state index contributed by atoms with van der Waals surface area (Å²) in [7, 11) is 1.80.